The monoisotopic (exact) mass is 561 g/mol. The Morgan fingerprint density at radius 3 is 2.50 bits per heavy atom. The van der Waals surface area contributed by atoms with Crippen LogP contribution in [0.25, 0.3) is 0 Å². The van der Waals surface area contributed by atoms with Gasteiger partial charge in [-0.1, -0.05) is 13.3 Å². The van der Waals surface area contributed by atoms with Crippen molar-refractivity contribution in [2.75, 3.05) is 18.4 Å². The summed E-state index contributed by atoms with van der Waals surface area (Å²) in [5.74, 6) is -4.31. The fourth-order valence-electron chi connectivity index (χ4n) is 3.73. The predicted octanol–water partition coefficient (Wildman–Crippen LogP) is 4.34. The summed E-state index contributed by atoms with van der Waals surface area (Å²) in [4.78, 5) is 26.0. The van der Waals surface area contributed by atoms with Gasteiger partial charge in [-0.15, -0.1) is 0 Å². The van der Waals surface area contributed by atoms with Gasteiger partial charge in [0.25, 0.3) is 5.91 Å². The van der Waals surface area contributed by atoms with Crippen LogP contribution in [0.4, 0.5) is 24.5 Å². The zero-order chi connectivity index (χ0) is 23.6. The Kier molecular flexibility index (Phi) is 7.33. The smallest absolute Gasteiger partial charge is 0.303 e. The summed E-state index contributed by atoms with van der Waals surface area (Å²) < 4.78 is 48.9. The van der Waals surface area contributed by atoms with Crippen molar-refractivity contribution >= 4 is 45.8 Å². The second-order valence-electron chi connectivity index (χ2n) is 7.75. The van der Waals surface area contributed by atoms with Gasteiger partial charge in [0.15, 0.2) is 17.2 Å². The van der Waals surface area contributed by atoms with Crippen molar-refractivity contribution in [3.8, 4) is 0 Å². The second kappa shape index (κ2) is 9.65. The molecule has 32 heavy (non-hydrogen) atoms. The van der Waals surface area contributed by atoms with Crippen molar-refractivity contribution in [3.05, 3.63) is 56.9 Å². The first-order valence-electron chi connectivity index (χ1n) is 10.0. The molecule has 0 aromatic heterocycles. The van der Waals surface area contributed by atoms with Gasteiger partial charge < -0.3 is 20.7 Å². The van der Waals surface area contributed by atoms with Gasteiger partial charge in [0.05, 0.1) is 30.0 Å². The summed E-state index contributed by atoms with van der Waals surface area (Å²) in [6.07, 6.45) is 1.34. The van der Waals surface area contributed by atoms with Gasteiger partial charge in [0, 0.05) is 16.5 Å². The zero-order valence-electron chi connectivity index (χ0n) is 17.6. The maximum absolute atomic E-state index is 14.6. The SMILES string of the molecule is CCCC(N)C1(OC(C)=O)CN(C(=O)c2ccc(F)c(F)c2Nc2ccc(I)cc2F)C1. The molecular weight excluding hydrogens is 538 g/mol. The third-order valence-electron chi connectivity index (χ3n) is 5.34. The molecule has 1 saturated heterocycles. The fraction of sp³-hybridized carbons (Fsp3) is 0.364. The van der Waals surface area contributed by atoms with E-state index in [4.69, 9.17) is 10.5 Å². The van der Waals surface area contributed by atoms with Crippen LogP contribution in [0, 0.1) is 21.0 Å². The minimum atomic E-state index is -1.30. The van der Waals surface area contributed by atoms with Gasteiger partial charge in [0.1, 0.15) is 5.82 Å². The van der Waals surface area contributed by atoms with E-state index < -0.39 is 46.7 Å². The molecule has 10 heteroatoms. The largest absolute Gasteiger partial charge is 0.454 e. The third-order valence-corrected chi connectivity index (χ3v) is 6.01. The first-order chi connectivity index (χ1) is 15.1. The summed E-state index contributed by atoms with van der Waals surface area (Å²) in [5.41, 5.74) is 4.41. The predicted molar refractivity (Wildman–Crippen MR) is 122 cm³/mol. The van der Waals surface area contributed by atoms with Crippen molar-refractivity contribution in [3.63, 3.8) is 0 Å². The lowest BCUT2D eigenvalue weighted by Crippen LogP contribution is -2.72. The molecule has 0 spiro atoms. The molecule has 6 nitrogen and oxygen atoms in total. The lowest BCUT2D eigenvalue weighted by atomic mass is 9.83. The number of hydrogen-bond acceptors (Lipinski definition) is 5. The van der Waals surface area contributed by atoms with Crippen LogP contribution in [0.15, 0.2) is 30.3 Å². The van der Waals surface area contributed by atoms with E-state index >= 15 is 0 Å². The number of esters is 1. The zero-order valence-corrected chi connectivity index (χ0v) is 19.7. The first-order valence-corrected chi connectivity index (χ1v) is 11.1. The van der Waals surface area contributed by atoms with Crippen molar-refractivity contribution in [1.29, 1.82) is 0 Å². The standard InChI is InChI=1S/C22H23F3IN3O3/c1-3-4-18(27)22(32-12(2)30)10-29(11-22)21(31)14-6-7-15(23)19(25)20(14)28-17-8-5-13(26)9-16(17)24/h5-9,18,28H,3-4,10-11,27H2,1-2H3. The Labute approximate surface area is 197 Å². The van der Waals surface area contributed by atoms with E-state index in [2.05, 4.69) is 5.32 Å². The van der Waals surface area contributed by atoms with Crippen LogP contribution >= 0.6 is 22.6 Å². The number of amides is 1. The van der Waals surface area contributed by atoms with E-state index in [-0.39, 0.29) is 24.3 Å². The highest BCUT2D eigenvalue weighted by atomic mass is 127. The van der Waals surface area contributed by atoms with E-state index in [1.165, 1.54) is 24.0 Å². The molecule has 0 saturated carbocycles. The molecule has 0 radical (unpaired) electrons. The number of likely N-dealkylation sites (tertiary alicyclic amines) is 1. The summed E-state index contributed by atoms with van der Waals surface area (Å²) in [5, 5.41) is 2.51. The molecule has 1 amide bonds. The molecule has 1 aliphatic rings. The van der Waals surface area contributed by atoms with Crippen LogP contribution in [-0.2, 0) is 9.53 Å². The maximum Gasteiger partial charge on any atom is 0.303 e. The molecule has 3 rings (SSSR count). The second-order valence-corrected chi connectivity index (χ2v) is 8.99. The number of anilines is 2. The van der Waals surface area contributed by atoms with Crippen LogP contribution in [0.5, 0.6) is 0 Å². The number of nitrogens with two attached hydrogens (primary N) is 1. The molecule has 2 aromatic carbocycles. The fourth-order valence-corrected chi connectivity index (χ4v) is 4.18. The Morgan fingerprint density at radius 1 is 1.22 bits per heavy atom. The number of halogens is 4. The summed E-state index contributed by atoms with van der Waals surface area (Å²) in [7, 11) is 0. The Hall–Kier alpha value is -2.34. The Balaban J connectivity index is 1.89. The van der Waals surface area contributed by atoms with Gasteiger partial charge in [-0.2, -0.15) is 0 Å². The number of benzene rings is 2. The highest BCUT2D eigenvalue weighted by Crippen LogP contribution is 2.35. The number of nitrogens with zero attached hydrogens (tertiary/aromatic N) is 1. The van der Waals surface area contributed by atoms with Crippen LogP contribution in [0.3, 0.4) is 0 Å². The van der Waals surface area contributed by atoms with Crippen molar-refractivity contribution in [1.82, 2.24) is 4.90 Å². The van der Waals surface area contributed by atoms with E-state index in [0.717, 1.165) is 18.6 Å². The van der Waals surface area contributed by atoms with Crippen LogP contribution in [0.1, 0.15) is 37.0 Å². The molecule has 1 heterocycles. The maximum atomic E-state index is 14.6. The van der Waals surface area contributed by atoms with Gasteiger partial charge in [-0.3, -0.25) is 9.59 Å². The number of carbonyl (C=O) groups is 2. The molecule has 2 aromatic rings. The summed E-state index contributed by atoms with van der Waals surface area (Å²) in [6, 6.07) is 5.66. The minimum Gasteiger partial charge on any atom is -0.454 e. The summed E-state index contributed by atoms with van der Waals surface area (Å²) in [6.45, 7) is 3.23. The van der Waals surface area contributed by atoms with Crippen molar-refractivity contribution < 1.29 is 27.5 Å². The lowest BCUT2D eigenvalue weighted by Gasteiger charge is -2.51. The lowest BCUT2D eigenvalue weighted by molar-refractivity contribution is -0.178. The minimum absolute atomic E-state index is 0.0168. The Bertz CT molecular complexity index is 1040. The quantitative estimate of drug-likeness (QED) is 0.389. The van der Waals surface area contributed by atoms with Gasteiger partial charge in [0.2, 0.25) is 0 Å². The number of carbonyl (C=O) groups excluding carboxylic acids is 2. The number of nitrogens with one attached hydrogen (secondary N) is 1. The van der Waals surface area contributed by atoms with Gasteiger partial charge in [-0.05, 0) is 59.3 Å². The molecule has 172 valence electrons. The molecule has 1 fully saturated rings. The van der Waals surface area contributed by atoms with Crippen LogP contribution in [0.2, 0.25) is 0 Å². The van der Waals surface area contributed by atoms with Crippen LogP contribution in [-0.4, -0.2) is 41.5 Å². The van der Waals surface area contributed by atoms with E-state index in [1.807, 2.05) is 29.5 Å². The van der Waals surface area contributed by atoms with Crippen molar-refractivity contribution in [2.45, 2.75) is 38.3 Å². The molecule has 1 aliphatic heterocycles. The summed E-state index contributed by atoms with van der Waals surface area (Å²) >= 11 is 1.92. The highest BCUT2D eigenvalue weighted by molar-refractivity contribution is 14.1. The first kappa shape index (κ1) is 24.3. The third kappa shape index (κ3) is 4.85. The molecule has 0 aliphatic carbocycles. The number of rotatable bonds is 7. The molecular formula is C22H23F3IN3O3. The topological polar surface area (TPSA) is 84.7 Å². The molecule has 3 N–H and O–H groups in total. The normalized spacial score (nSPS) is 15.7. The van der Waals surface area contributed by atoms with Gasteiger partial charge >= 0.3 is 5.97 Å². The molecule has 0 bridgehead atoms. The number of hydrogen-bond donors (Lipinski definition) is 2. The average Bonchev–Trinajstić information content (AvgIpc) is 2.69. The van der Waals surface area contributed by atoms with E-state index in [9.17, 15) is 22.8 Å². The molecule has 1 unspecified atom stereocenters. The van der Waals surface area contributed by atoms with E-state index in [1.54, 1.807) is 6.07 Å². The number of ether oxygens (including phenoxy) is 1. The molecule has 1 atom stereocenters. The Morgan fingerprint density at radius 2 is 1.91 bits per heavy atom. The highest BCUT2D eigenvalue weighted by Gasteiger charge is 2.52. The van der Waals surface area contributed by atoms with Crippen LogP contribution < -0.4 is 11.1 Å². The average molecular weight is 561 g/mol. The van der Waals surface area contributed by atoms with E-state index in [0.29, 0.717) is 9.99 Å². The van der Waals surface area contributed by atoms with Gasteiger partial charge in [-0.25, -0.2) is 13.2 Å². The van der Waals surface area contributed by atoms with Crippen molar-refractivity contribution in [2.24, 2.45) is 5.73 Å².